The first-order valence-corrected chi connectivity index (χ1v) is 21.4. The van der Waals surface area contributed by atoms with Crippen LogP contribution in [-0.4, -0.2) is 55.8 Å². The number of hydrogen-bond acceptors (Lipinski definition) is 5. The van der Waals surface area contributed by atoms with Gasteiger partial charge in [-0.05, 0) is 119 Å². The first-order valence-electron chi connectivity index (χ1n) is 21.4. The van der Waals surface area contributed by atoms with Gasteiger partial charge in [0.2, 0.25) is 0 Å². The summed E-state index contributed by atoms with van der Waals surface area (Å²) in [5, 5.41) is 0. The maximum absolute atomic E-state index is 6.67. The lowest BCUT2D eigenvalue weighted by Gasteiger charge is -2.42. The number of rotatable bonds is 15. The Morgan fingerprint density at radius 2 is 1.41 bits per heavy atom. The van der Waals surface area contributed by atoms with Gasteiger partial charge in [0.1, 0.15) is 5.75 Å². The van der Waals surface area contributed by atoms with Gasteiger partial charge in [0.05, 0.1) is 25.9 Å². The number of allylic oxidation sites excluding steroid dienone is 2. The molecule has 2 fully saturated rings. The third kappa shape index (κ3) is 12.9. The number of aryl methyl sites for hydroxylation is 3. The van der Waals surface area contributed by atoms with Crippen LogP contribution in [0.25, 0.3) is 5.57 Å². The fourth-order valence-corrected chi connectivity index (χ4v) is 7.80. The molecule has 0 aromatic heterocycles. The summed E-state index contributed by atoms with van der Waals surface area (Å²) >= 11 is 0. The smallest absolute Gasteiger partial charge is 0.119 e. The normalized spacial score (nSPS) is 17.6. The van der Waals surface area contributed by atoms with Crippen molar-refractivity contribution in [2.75, 3.05) is 46.0 Å². The molecule has 5 nitrogen and oxygen atoms in total. The van der Waals surface area contributed by atoms with Crippen LogP contribution in [0, 0.1) is 20.8 Å². The van der Waals surface area contributed by atoms with Gasteiger partial charge in [-0.2, -0.15) is 0 Å². The van der Waals surface area contributed by atoms with Crippen molar-refractivity contribution in [3.63, 3.8) is 0 Å². The van der Waals surface area contributed by atoms with Gasteiger partial charge in [0.25, 0.3) is 0 Å². The van der Waals surface area contributed by atoms with E-state index in [-0.39, 0.29) is 12.1 Å². The van der Waals surface area contributed by atoms with Gasteiger partial charge >= 0.3 is 0 Å². The standard InChI is InChI=1S/C39H57N3O2.C8H10.C2H6/c1-5-11-38(31-13-14-31)42-22-20-34(36-28-29(3)12-19-35(36)37(40)6-2)30(4)39(42)32-15-17-33(18-16-32)44-25-10-8-7-9-21-41-23-26-43-27-24-41;1-7-3-5-8(2)6-4-7;1-2/h12,15-19,28,37,39H,5-11,13-14,20-27,40H2,1-4H3;3-6H,1-2H3;1-2H3. The Morgan fingerprint density at radius 1 is 0.778 bits per heavy atom. The zero-order valence-electron chi connectivity index (χ0n) is 35.3. The third-order valence-corrected chi connectivity index (χ3v) is 11.1. The highest BCUT2D eigenvalue weighted by Gasteiger charge is 2.34. The van der Waals surface area contributed by atoms with Crippen molar-refractivity contribution in [1.82, 2.24) is 9.80 Å². The minimum Gasteiger partial charge on any atom is -0.494 e. The number of morpholine rings is 1. The summed E-state index contributed by atoms with van der Waals surface area (Å²) in [4.78, 5) is 5.27. The molecule has 0 amide bonds. The third-order valence-electron chi connectivity index (χ3n) is 11.1. The fraction of sp³-hybridized carbons (Fsp3) is 0.551. The van der Waals surface area contributed by atoms with Gasteiger partial charge in [-0.1, -0.05) is 124 Å². The lowest BCUT2D eigenvalue weighted by atomic mass is 9.82. The molecular weight excluding hydrogens is 663 g/mol. The van der Waals surface area contributed by atoms with Crippen LogP contribution >= 0.6 is 0 Å². The van der Waals surface area contributed by atoms with Crippen molar-refractivity contribution in [2.45, 2.75) is 132 Å². The van der Waals surface area contributed by atoms with Crippen molar-refractivity contribution in [2.24, 2.45) is 5.73 Å². The molecule has 5 heteroatoms. The minimum absolute atomic E-state index is 0.0628. The molecule has 1 aliphatic carbocycles. The highest BCUT2D eigenvalue weighted by molar-refractivity contribution is 5.74. The molecule has 2 unspecified atom stereocenters. The predicted molar refractivity (Wildman–Crippen MR) is 231 cm³/mol. The second-order valence-corrected chi connectivity index (χ2v) is 15.4. The van der Waals surface area contributed by atoms with Gasteiger partial charge < -0.3 is 20.1 Å². The quantitative estimate of drug-likeness (QED) is 0.158. The van der Waals surface area contributed by atoms with Crippen LogP contribution in [0.3, 0.4) is 0 Å². The van der Waals surface area contributed by atoms with Crippen LogP contribution in [0.5, 0.6) is 5.75 Å². The minimum atomic E-state index is 0.0628. The van der Waals surface area contributed by atoms with Gasteiger partial charge in [-0.25, -0.2) is 0 Å². The molecular formula is C49H73N3O2. The molecule has 296 valence electrons. The maximum Gasteiger partial charge on any atom is 0.119 e. The summed E-state index contributed by atoms with van der Waals surface area (Å²) in [7, 11) is 0. The average molecular weight is 736 g/mol. The number of unbranched alkanes of at least 4 members (excludes halogenated alkanes) is 3. The second kappa shape index (κ2) is 22.9. The van der Waals surface area contributed by atoms with Gasteiger partial charge in [-0.15, -0.1) is 0 Å². The summed E-state index contributed by atoms with van der Waals surface area (Å²) < 4.78 is 11.7. The highest BCUT2D eigenvalue weighted by Crippen LogP contribution is 2.47. The molecule has 2 heterocycles. The van der Waals surface area contributed by atoms with Crippen LogP contribution in [0.1, 0.15) is 144 Å². The Bertz CT molecular complexity index is 1570. The Hall–Kier alpha value is -3.38. The number of hydrogen-bond donors (Lipinski definition) is 1. The Labute approximate surface area is 330 Å². The Balaban J connectivity index is 0.000000569. The van der Waals surface area contributed by atoms with E-state index in [0.717, 1.165) is 64.5 Å². The van der Waals surface area contributed by atoms with Crippen LogP contribution in [0.15, 0.2) is 83.6 Å². The number of nitrogens with two attached hydrogens (primary N) is 1. The van der Waals surface area contributed by atoms with Crippen LogP contribution < -0.4 is 10.5 Å². The Kier molecular flexibility index (Phi) is 18.4. The van der Waals surface area contributed by atoms with Crippen molar-refractivity contribution in [3.05, 3.63) is 117 Å². The Morgan fingerprint density at radius 3 is 2.02 bits per heavy atom. The summed E-state index contributed by atoms with van der Waals surface area (Å²) in [6.45, 7) is 24.3. The molecule has 3 aromatic carbocycles. The van der Waals surface area contributed by atoms with E-state index in [0.29, 0.717) is 0 Å². The summed E-state index contributed by atoms with van der Waals surface area (Å²) in [5.41, 5.74) is 20.9. The predicted octanol–water partition coefficient (Wildman–Crippen LogP) is 12.1. The summed E-state index contributed by atoms with van der Waals surface area (Å²) in [6.07, 6.45) is 11.8. The molecule has 1 saturated carbocycles. The number of benzene rings is 3. The van der Waals surface area contributed by atoms with E-state index >= 15 is 0 Å². The lowest BCUT2D eigenvalue weighted by Crippen LogP contribution is -2.36. The van der Waals surface area contributed by atoms with Crippen molar-refractivity contribution < 1.29 is 9.47 Å². The largest absolute Gasteiger partial charge is 0.494 e. The second-order valence-electron chi connectivity index (χ2n) is 15.4. The van der Waals surface area contributed by atoms with Crippen LogP contribution in [0.2, 0.25) is 0 Å². The first kappa shape index (κ1) is 43.3. The molecule has 54 heavy (non-hydrogen) atoms. The van der Waals surface area contributed by atoms with Crippen LogP contribution in [-0.2, 0) is 4.74 Å². The molecule has 2 atom stereocenters. The molecule has 3 aromatic rings. The zero-order chi connectivity index (χ0) is 38.9. The SMILES string of the molecule is CC.CCCC(=C1CC1)N1CCC(c2cc(C)ccc2C(N)CC)=C(C)C1c1ccc(OCCCCCCN2CCOCC2)cc1.Cc1ccc(C)cc1. The van der Waals surface area contributed by atoms with E-state index < -0.39 is 0 Å². The molecule has 3 aliphatic rings. The molecule has 0 bridgehead atoms. The maximum atomic E-state index is 6.67. The molecule has 2 aliphatic heterocycles. The highest BCUT2D eigenvalue weighted by atomic mass is 16.5. The van der Waals surface area contributed by atoms with Gasteiger partial charge in [0, 0.05) is 31.4 Å². The number of ether oxygens (including phenoxy) is 2. The molecule has 6 rings (SSSR count). The molecule has 0 spiro atoms. The van der Waals surface area contributed by atoms with E-state index in [2.05, 4.69) is 118 Å². The summed E-state index contributed by atoms with van der Waals surface area (Å²) in [6, 6.07) is 24.7. The van der Waals surface area contributed by atoms with E-state index in [1.165, 1.54) is 96.0 Å². The first-order chi connectivity index (χ1) is 26.3. The topological polar surface area (TPSA) is 51.0 Å². The summed E-state index contributed by atoms with van der Waals surface area (Å²) in [5.74, 6) is 0.982. The van der Waals surface area contributed by atoms with Gasteiger partial charge in [-0.3, -0.25) is 4.90 Å². The number of nitrogens with zero attached hydrogens (tertiary/aromatic N) is 2. The molecule has 2 N–H and O–H groups in total. The zero-order valence-corrected chi connectivity index (χ0v) is 35.3. The van der Waals surface area contributed by atoms with E-state index in [4.69, 9.17) is 15.2 Å². The van der Waals surface area contributed by atoms with E-state index in [9.17, 15) is 0 Å². The van der Waals surface area contributed by atoms with Crippen molar-refractivity contribution in [1.29, 1.82) is 0 Å². The molecule has 1 saturated heterocycles. The lowest BCUT2D eigenvalue weighted by molar-refractivity contribution is 0.0371. The average Bonchev–Trinajstić information content (AvgIpc) is 4.05. The van der Waals surface area contributed by atoms with Gasteiger partial charge in [0.15, 0.2) is 0 Å². The van der Waals surface area contributed by atoms with Crippen molar-refractivity contribution in [3.8, 4) is 5.75 Å². The van der Waals surface area contributed by atoms with Crippen molar-refractivity contribution >= 4 is 5.57 Å². The van der Waals surface area contributed by atoms with Crippen LogP contribution in [0.4, 0.5) is 0 Å². The van der Waals surface area contributed by atoms with E-state index in [1.54, 1.807) is 11.3 Å². The molecule has 0 radical (unpaired) electrons. The fourth-order valence-electron chi connectivity index (χ4n) is 7.80. The van der Waals surface area contributed by atoms with E-state index in [1.807, 2.05) is 13.8 Å². The monoisotopic (exact) mass is 736 g/mol.